The molecule has 0 aromatic heterocycles. The van der Waals surface area contributed by atoms with Crippen LogP contribution in [0.2, 0.25) is 0 Å². The number of nitrogens with two attached hydrogens (primary N) is 1. The fraction of sp³-hybridized carbons (Fsp3) is 0.435. The molecule has 1 unspecified atom stereocenters. The SMILES string of the molecule is Cc1cc(COC(=O)N2c3cc(C)c(C)cc3C(=O)N3CCC[C@H]3C2O)c([N+](=O)[O-])cc1C.Cc1cc(COC(=O)Nc2cc(C)c(C)cc2C(=O)N2CCC[C@H]2CO)c([N+](=O)[O-])cc1C.Cc1cc(N)c(C(=O)N2CCC[C@H]2CO)cc1C. The number of hydrogen-bond donors (Lipinski definition) is 5. The Bertz CT molecular complexity index is 3400. The minimum absolute atomic E-state index is 0.0243. The van der Waals surface area contributed by atoms with E-state index in [1.807, 2.05) is 67.5 Å². The average molecular weight is 1160 g/mol. The molecule has 3 fully saturated rings. The fourth-order valence-electron chi connectivity index (χ4n) is 11.0. The number of anilines is 3. The lowest BCUT2D eigenvalue weighted by atomic mass is 10.0. The molecule has 0 aliphatic carbocycles. The smallest absolute Gasteiger partial charge is 0.416 e. The van der Waals surface area contributed by atoms with Crippen LogP contribution in [0.25, 0.3) is 0 Å². The van der Waals surface area contributed by atoms with Crippen molar-refractivity contribution in [2.45, 2.75) is 145 Å². The van der Waals surface area contributed by atoms with Gasteiger partial charge in [-0.3, -0.25) is 39.9 Å². The summed E-state index contributed by atoms with van der Waals surface area (Å²) >= 11 is 0. The Kier molecular flexibility index (Phi) is 20.2. The van der Waals surface area contributed by atoms with Crippen molar-refractivity contribution in [2.75, 3.05) is 48.8 Å². The van der Waals surface area contributed by atoms with Gasteiger partial charge in [-0.05, 0) is 212 Å². The third kappa shape index (κ3) is 13.8. The maximum Gasteiger partial charge on any atom is 0.416 e. The lowest BCUT2D eigenvalue weighted by Gasteiger charge is -2.31. The van der Waals surface area contributed by atoms with E-state index >= 15 is 0 Å². The zero-order valence-electron chi connectivity index (χ0n) is 49.4. The van der Waals surface area contributed by atoms with Gasteiger partial charge < -0.3 is 45.2 Å². The highest BCUT2D eigenvalue weighted by Gasteiger charge is 2.45. The van der Waals surface area contributed by atoms with Crippen LogP contribution < -0.4 is 16.0 Å². The molecule has 6 N–H and O–H groups in total. The van der Waals surface area contributed by atoms with Gasteiger partial charge in [0.15, 0.2) is 6.23 Å². The van der Waals surface area contributed by atoms with E-state index in [1.54, 1.807) is 64.9 Å². The van der Waals surface area contributed by atoms with Gasteiger partial charge in [-0.1, -0.05) is 0 Å². The van der Waals surface area contributed by atoms with Crippen molar-refractivity contribution in [3.8, 4) is 0 Å². The van der Waals surface area contributed by atoms with Crippen molar-refractivity contribution in [3.05, 3.63) is 164 Å². The van der Waals surface area contributed by atoms with Crippen LogP contribution in [-0.2, 0) is 22.7 Å². The maximum absolute atomic E-state index is 13.3. The predicted molar refractivity (Wildman–Crippen MR) is 316 cm³/mol. The molecule has 0 spiro atoms. The largest absolute Gasteiger partial charge is 0.444 e. The van der Waals surface area contributed by atoms with E-state index < -0.39 is 34.3 Å². The number of fused-ring (bicyclic) bond motifs is 2. The van der Waals surface area contributed by atoms with E-state index in [9.17, 15) is 59.5 Å². The number of hydrogen-bond acceptors (Lipinski definition) is 15. The molecular formula is C62H76N8O14. The van der Waals surface area contributed by atoms with Crippen LogP contribution in [0.15, 0.2) is 60.7 Å². The van der Waals surface area contributed by atoms with Gasteiger partial charge in [-0.2, -0.15) is 0 Å². The molecule has 0 radical (unpaired) electrons. The summed E-state index contributed by atoms with van der Waals surface area (Å²) < 4.78 is 10.8. The molecule has 5 amide bonds. The predicted octanol–water partition coefficient (Wildman–Crippen LogP) is 9.56. The van der Waals surface area contributed by atoms with Gasteiger partial charge in [0.2, 0.25) is 0 Å². The molecule has 5 aromatic carbocycles. The molecule has 4 aliphatic rings. The Hall–Kier alpha value is -8.47. The number of nitrogen functional groups attached to an aromatic ring is 1. The number of carbonyl (C=O) groups is 5. The second-order valence-electron chi connectivity index (χ2n) is 22.3. The Morgan fingerprint density at radius 3 is 1.57 bits per heavy atom. The zero-order chi connectivity index (χ0) is 61.6. The Morgan fingerprint density at radius 2 is 1.04 bits per heavy atom. The van der Waals surface area contributed by atoms with E-state index in [-0.39, 0.29) is 84.4 Å². The number of nitrogens with zero attached hydrogens (tertiary/aromatic N) is 6. The molecule has 9 rings (SSSR count). The number of ether oxygens (including phenoxy) is 2. The van der Waals surface area contributed by atoms with Crippen LogP contribution in [0.5, 0.6) is 0 Å². The monoisotopic (exact) mass is 1160 g/mol. The van der Waals surface area contributed by atoms with Crippen LogP contribution in [0.3, 0.4) is 0 Å². The molecule has 0 saturated carbocycles. The van der Waals surface area contributed by atoms with Crippen LogP contribution in [0.4, 0.5) is 38.0 Å². The summed E-state index contributed by atoms with van der Waals surface area (Å²) in [7, 11) is 0. The summed E-state index contributed by atoms with van der Waals surface area (Å²) in [5.41, 5.74) is 17.4. The van der Waals surface area contributed by atoms with Crippen molar-refractivity contribution < 1.29 is 58.6 Å². The molecule has 84 heavy (non-hydrogen) atoms. The quantitative estimate of drug-likeness (QED) is 0.0467. The number of aliphatic hydroxyl groups is 3. The van der Waals surface area contributed by atoms with Gasteiger partial charge in [0.05, 0.1) is 80.4 Å². The zero-order valence-corrected chi connectivity index (χ0v) is 49.4. The topological polar surface area (TPSA) is 302 Å². The van der Waals surface area contributed by atoms with E-state index in [0.717, 1.165) is 92.6 Å². The summed E-state index contributed by atoms with van der Waals surface area (Å²) in [5, 5.41) is 55.5. The number of benzene rings is 5. The Labute approximate surface area is 488 Å². The van der Waals surface area contributed by atoms with E-state index in [4.69, 9.17) is 15.2 Å². The van der Waals surface area contributed by atoms with Crippen LogP contribution in [0, 0.1) is 89.5 Å². The average Bonchev–Trinajstić information content (AvgIpc) is 4.21. The molecule has 22 heteroatoms. The van der Waals surface area contributed by atoms with Crippen LogP contribution in [0.1, 0.15) is 136 Å². The number of rotatable bonds is 11. The van der Waals surface area contributed by atoms with Gasteiger partial charge in [-0.15, -0.1) is 0 Å². The lowest BCUT2D eigenvalue weighted by molar-refractivity contribution is -0.386. The molecule has 3 saturated heterocycles. The fourth-order valence-corrected chi connectivity index (χ4v) is 11.0. The minimum atomic E-state index is -1.29. The third-order valence-corrected chi connectivity index (χ3v) is 16.7. The maximum atomic E-state index is 13.3. The summed E-state index contributed by atoms with van der Waals surface area (Å²) in [6.07, 6.45) is 1.67. The highest BCUT2D eigenvalue weighted by Crippen LogP contribution is 2.37. The number of aliphatic hydroxyl groups excluding tert-OH is 3. The number of amides is 5. The van der Waals surface area contributed by atoms with Crippen molar-refractivity contribution >= 4 is 58.3 Å². The molecule has 22 nitrogen and oxygen atoms in total. The third-order valence-electron chi connectivity index (χ3n) is 16.7. The van der Waals surface area contributed by atoms with Crippen molar-refractivity contribution in [3.63, 3.8) is 0 Å². The summed E-state index contributed by atoms with van der Waals surface area (Å²) in [5.74, 6) is -0.559. The molecule has 4 aliphatic heterocycles. The number of nitro benzene ring substituents is 2. The van der Waals surface area contributed by atoms with Gasteiger partial charge in [0, 0.05) is 37.5 Å². The van der Waals surface area contributed by atoms with E-state index in [2.05, 4.69) is 5.32 Å². The number of carbonyl (C=O) groups excluding carboxylic acids is 5. The lowest BCUT2D eigenvalue weighted by Crippen LogP contribution is -2.50. The van der Waals surface area contributed by atoms with Crippen molar-refractivity contribution in [2.24, 2.45) is 0 Å². The first kappa shape index (κ1) is 63.1. The van der Waals surface area contributed by atoms with Gasteiger partial charge >= 0.3 is 12.2 Å². The highest BCUT2D eigenvalue weighted by atomic mass is 16.6. The first-order valence-electron chi connectivity index (χ1n) is 28.1. The van der Waals surface area contributed by atoms with Crippen molar-refractivity contribution in [1.82, 2.24) is 14.7 Å². The highest BCUT2D eigenvalue weighted by molar-refractivity contribution is 6.06. The summed E-state index contributed by atoms with van der Waals surface area (Å²) in [4.78, 5) is 92.6. The van der Waals surface area contributed by atoms with E-state index in [1.165, 1.54) is 12.1 Å². The minimum Gasteiger partial charge on any atom is -0.444 e. The van der Waals surface area contributed by atoms with Crippen LogP contribution >= 0.6 is 0 Å². The molecule has 0 bridgehead atoms. The first-order chi connectivity index (χ1) is 39.8. The Morgan fingerprint density at radius 1 is 0.595 bits per heavy atom. The van der Waals surface area contributed by atoms with E-state index in [0.29, 0.717) is 54.1 Å². The molecule has 5 aromatic rings. The molecule has 4 heterocycles. The second kappa shape index (κ2) is 26.8. The van der Waals surface area contributed by atoms with Crippen molar-refractivity contribution in [1.29, 1.82) is 0 Å². The molecular weight excluding hydrogens is 1080 g/mol. The Balaban J connectivity index is 0.000000189. The van der Waals surface area contributed by atoms with Gasteiger partial charge in [0.1, 0.15) is 13.2 Å². The van der Waals surface area contributed by atoms with Gasteiger partial charge in [-0.25, -0.2) is 14.5 Å². The number of nitro groups is 2. The normalized spacial score (nSPS) is 17.9. The van der Waals surface area contributed by atoms with Gasteiger partial charge in [0.25, 0.3) is 29.1 Å². The molecule has 4 atom stereocenters. The number of nitrogens with one attached hydrogen (secondary N) is 1. The second-order valence-corrected chi connectivity index (χ2v) is 22.3. The summed E-state index contributed by atoms with van der Waals surface area (Å²) in [6, 6.07) is 15.9. The number of aryl methyl sites for hydroxylation is 10. The molecule has 448 valence electrons. The summed E-state index contributed by atoms with van der Waals surface area (Å²) in [6.45, 7) is 19.7. The standard InChI is InChI=1S/C24H27N3O6.C24H29N3O6.C14H20N2O2/c1-13-8-17(20(27(31)32)10-15(13)3)12-33-24(30)26-21-11-16(4)14(2)9-18(21)22(28)25-7-5-6-19(25)23(26)29;1-14-8-18(22(27(31)32)11-17(14)4)13-33-24(30)25-21-10-16(3)15(2)9-20(21)23(29)26-7-5-6-19(26)12-28;1-9-6-12(13(15)7-10(9)2)14(18)16-5-3-4-11(16)8-17/h8-11,19,23,29H,5-7,12H2,1-4H3;8-11,19,28H,5-7,12-13H2,1-4H3,(H,25,30);6-7,11,17H,3-5,8,15H2,1-2H3/t19-,23?;19-;11-/m000/s1. The number of likely N-dealkylation sites (tertiary alicyclic amines) is 2. The first-order valence-corrected chi connectivity index (χ1v) is 28.1. The van der Waals surface area contributed by atoms with Crippen LogP contribution in [-0.4, -0.2) is 127 Å².